The molecule has 3 nitrogen and oxygen atoms in total. The van der Waals surface area contributed by atoms with E-state index < -0.39 is 0 Å². The number of benzene rings is 1. The molecule has 0 saturated carbocycles. The van der Waals surface area contributed by atoms with Crippen LogP contribution in [0, 0.1) is 18.3 Å². The Bertz CT molecular complexity index is 473. The van der Waals surface area contributed by atoms with Crippen LogP contribution in [0.25, 0.3) is 0 Å². The van der Waals surface area contributed by atoms with Gasteiger partial charge in [-0.15, -0.1) is 12.3 Å². The normalized spacial score (nSPS) is 22.5. The van der Waals surface area contributed by atoms with Crippen molar-refractivity contribution in [2.45, 2.75) is 25.3 Å². The van der Waals surface area contributed by atoms with Gasteiger partial charge in [-0.25, -0.2) is 4.79 Å². The summed E-state index contributed by atoms with van der Waals surface area (Å²) in [5.74, 6) is 3.05. The van der Waals surface area contributed by atoms with Crippen LogP contribution in [0.2, 0.25) is 0 Å². The van der Waals surface area contributed by atoms with Crippen LogP contribution >= 0.6 is 0 Å². The highest BCUT2D eigenvalue weighted by molar-refractivity contribution is 5.89. The van der Waals surface area contributed by atoms with E-state index in [-0.39, 0.29) is 5.97 Å². The van der Waals surface area contributed by atoms with Crippen LogP contribution < -0.4 is 5.32 Å². The molecule has 1 heterocycles. The molecule has 1 aliphatic heterocycles. The van der Waals surface area contributed by atoms with E-state index in [0.29, 0.717) is 17.5 Å². The summed E-state index contributed by atoms with van der Waals surface area (Å²) in [7, 11) is 1.39. The van der Waals surface area contributed by atoms with Gasteiger partial charge >= 0.3 is 5.97 Å². The minimum atomic E-state index is -0.298. The van der Waals surface area contributed by atoms with Crippen LogP contribution in [0.5, 0.6) is 0 Å². The quantitative estimate of drug-likeness (QED) is 0.668. The van der Waals surface area contributed by atoms with Crippen molar-refractivity contribution < 1.29 is 9.53 Å². The van der Waals surface area contributed by atoms with Gasteiger partial charge in [0.15, 0.2) is 0 Å². The summed E-state index contributed by atoms with van der Waals surface area (Å²) in [5, 5.41) is 3.50. The Morgan fingerprint density at radius 1 is 1.47 bits per heavy atom. The van der Waals surface area contributed by atoms with Gasteiger partial charge in [-0.05, 0) is 43.0 Å². The zero-order valence-electron chi connectivity index (χ0n) is 11.2. The zero-order valence-corrected chi connectivity index (χ0v) is 11.2. The highest BCUT2D eigenvalue weighted by Gasteiger charge is 2.22. The van der Waals surface area contributed by atoms with Gasteiger partial charge in [0, 0.05) is 12.5 Å². The summed E-state index contributed by atoms with van der Waals surface area (Å²) in [5.41, 5.74) is 1.79. The average Bonchev–Trinajstić information content (AvgIpc) is 2.47. The third kappa shape index (κ3) is 3.36. The standard InChI is InChI=1S/C16H19NO2/c1-3-4-12-9-10-17-15(11-12)13-5-7-14(8-6-13)16(18)19-2/h1,5-8,12,15,17H,4,9-11H2,2H3/t12-,15-/m0/s1. The fourth-order valence-corrected chi connectivity index (χ4v) is 2.57. The lowest BCUT2D eigenvalue weighted by Gasteiger charge is -2.29. The van der Waals surface area contributed by atoms with Crippen molar-refractivity contribution in [3.63, 3.8) is 0 Å². The first-order chi connectivity index (χ1) is 9.24. The molecule has 1 N–H and O–H groups in total. The molecule has 100 valence electrons. The largest absolute Gasteiger partial charge is 0.465 e. The fourth-order valence-electron chi connectivity index (χ4n) is 2.57. The SMILES string of the molecule is C#CC[C@H]1CCN[C@H](c2ccc(C(=O)OC)cc2)C1. The second kappa shape index (κ2) is 6.40. The summed E-state index contributed by atoms with van der Waals surface area (Å²) in [4.78, 5) is 11.4. The first-order valence-electron chi connectivity index (χ1n) is 6.59. The van der Waals surface area contributed by atoms with Gasteiger partial charge in [0.25, 0.3) is 0 Å². The van der Waals surface area contributed by atoms with E-state index in [1.165, 1.54) is 12.7 Å². The van der Waals surface area contributed by atoms with E-state index in [4.69, 9.17) is 11.2 Å². The Hall–Kier alpha value is -1.79. The minimum Gasteiger partial charge on any atom is -0.465 e. The van der Waals surface area contributed by atoms with Crippen LogP contribution in [0.1, 0.15) is 41.2 Å². The second-order valence-corrected chi connectivity index (χ2v) is 4.92. The highest BCUT2D eigenvalue weighted by Crippen LogP contribution is 2.29. The van der Waals surface area contributed by atoms with Crippen LogP contribution in [0.4, 0.5) is 0 Å². The Labute approximate surface area is 114 Å². The maximum atomic E-state index is 11.4. The zero-order chi connectivity index (χ0) is 13.7. The lowest BCUT2D eigenvalue weighted by atomic mass is 9.87. The molecule has 3 heteroatoms. The molecular weight excluding hydrogens is 238 g/mol. The maximum absolute atomic E-state index is 11.4. The Balaban J connectivity index is 2.05. The number of nitrogens with one attached hydrogen (secondary N) is 1. The lowest BCUT2D eigenvalue weighted by molar-refractivity contribution is 0.0600. The maximum Gasteiger partial charge on any atom is 0.337 e. The van der Waals surface area contributed by atoms with E-state index in [9.17, 15) is 4.79 Å². The Morgan fingerprint density at radius 3 is 2.84 bits per heavy atom. The van der Waals surface area contributed by atoms with Crippen molar-refractivity contribution in [2.75, 3.05) is 13.7 Å². The number of carbonyl (C=O) groups excluding carboxylic acids is 1. The number of carbonyl (C=O) groups is 1. The average molecular weight is 257 g/mol. The summed E-state index contributed by atoms with van der Waals surface area (Å²) < 4.78 is 4.69. The van der Waals surface area contributed by atoms with Crippen molar-refractivity contribution in [1.29, 1.82) is 0 Å². The monoisotopic (exact) mass is 257 g/mol. The molecule has 0 unspecified atom stereocenters. The van der Waals surface area contributed by atoms with E-state index in [0.717, 1.165) is 25.8 Å². The van der Waals surface area contributed by atoms with Gasteiger partial charge in [-0.1, -0.05) is 12.1 Å². The summed E-state index contributed by atoms with van der Waals surface area (Å²) in [6, 6.07) is 7.94. The lowest BCUT2D eigenvalue weighted by Crippen LogP contribution is -2.31. The van der Waals surface area contributed by atoms with E-state index in [1.54, 1.807) is 0 Å². The molecular formula is C16H19NO2. The van der Waals surface area contributed by atoms with Crippen LogP contribution in [-0.2, 0) is 4.74 Å². The van der Waals surface area contributed by atoms with Crippen molar-refractivity contribution in [1.82, 2.24) is 5.32 Å². The van der Waals surface area contributed by atoms with Crippen LogP contribution in [0.3, 0.4) is 0 Å². The number of terminal acetylenes is 1. The molecule has 2 rings (SSSR count). The Kier molecular flexibility index (Phi) is 4.59. The fraction of sp³-hybridized carbons (Fsp3) is 0.438. The first kappa shape index (κ1) is 13.6. The molecule has 0 aliphatic carbocycles. The van der Waals surface area contributed by atoms with Gasteiger partial charge in [0.05, 0.1) is 12.7 Å². The predicted octanol–water partition coefficient (Wildman–Crippen LogP) is 2.54. The summed E-state index contributed by atoms with van der Waals surface area (Å²) in [6.45, 7) is 0.996. The van der Waals surface area contributed by atoms with Crippen molar-refractivity contribution in [2.24, 2.45) is 5.92 Å². The molecule has 0 aromatic heterocycles. The topological polar surface area (TPSA) is 38.3 Å². The first-order valence-corrected chi connectivity index (χ1v) is 6.59. The molecule has 19 heavy (non-hydrogen) atoms. The molecule has 0 amide bonds. The van der Waals surface area contributed by atoms with Crippen molar-refractivity contribution >= 4 is 5.97 Å². The number of piperidine rings is 1. The molecule has 1 fully saturated rings. The smallest absolute Gasteiger partial charge is 0.337 e. The molecule has 2 atom stereocenters. The van der Waals surface area contributed by atoms with E-state index in [2.05, 4.69) is 11.2 Å². The van der Waals surface area contributed by atoms with Crippen molar-refractivity contribution in [3.8, 4) is 12.3 Å². The third-order valence-electron chi connectivity index (χ3n) is 3.65. The molecule has 1 aromatic carbocycles. The van der Waals surface area contributed by atoms with Crippen LogP contribution in [-0.4, -0.2) is 19.6 Å². The Morgan fingerprint density at radius 2 is 2.21 bits per heavy atom. The molecule has 1 aliphatic rings. The van der Waals surface area contributed by atoms with Crippen molar-refractivity contribution in [3.05, 3.63) is 35.4 Å². The minimum absolute atomic E-state index is 0.298. The number of ether oxygens (including phenoxy) is 1. The third-order valence-corrected chi connectivity index (χ3v) is 3.65. The molecule has 1 saturated heterocycles. The van der Waals surface area contributed by atoms with Crippen LogP contribution in [0.15, 0.2) is 24.3 Å². The number of rotatable bonds is 3. The predicted molar refractivity (Wildman–Crippen MR) is 74.7 cm³/mol. The molecule has 1 aromatic rings. The number of hydrogen-bond donors (Lipinski definition) is 1. The van der Waals surface area contributed by atoms with Gasteiger partial charge < -0.3 is 10.1 Å². The number of methoxy groups -OCH3 is 1. The summed E-state index contributed by atoms with van der Waals surface area (Å²) in [6.07, 6.45) is 8.43. The van der Waals surface area contributed by atoms with E-state index in [1.807, 2.05) is 24.3 Å². The molecule has 0 radical (unpaired) electrons. The van der Waals surface area contributed by atoms with Gasteiger partial charge in [0.2, 0.25) is 0 Å². The number of esters is 1. The molecule has 0 spiro atoms. The molecule has 0 bridgehead atoms. The number of hydrogen-bond acceptors (Lipinski definition) is 3. The highest BCUT2D eigenvalue weighted by atomic mass is 16.5. The van der Waals surface area contributed by atoms with E-state index >= 15 is 0 Å². The summed E-state index contributed by atoms with van der Waals surface area (Å²) >= 11 is 0. The van der Waals surface area contributed by atoms with Gasteiger partial charge in [-0.2, -0.15) is 0 Å². The van der Waals surface area contributed by atoms with Gasteiger partial charge in [0.1, 0.15) is 0 Å². The second-order valence-electron chi connectivity index (χ2n) is 4.92. The van der Waals surface area contributed by atoms with Gasteiger partial charge in [-0.3, -0.25) is 0 Å².